The summed E-state index contributed by atoms with van der Waals surface area (Å²) in [5.74, 6) is 0.106. The fourth-order valence-corrected chi connectivity index (χ4v) is 6.13. The number of sulfonamides is 1. The van der Waals surface area contributed by atoms with E-state index in [2.05, 4.69) is 19.9 Å². The van der Waals surface area contributed by atoms with Gasteiger partial charge in [0.05, 0.1) is 12.0 Å². The molecular formula is C26H29FN6O5S. The Morgan fingerprint density at radius 1 is 1.03 bits per heavy atom. The molecule has 1 aliphatic rings. The zero-order valence-corrected chi connectivity index (χ0v) is 22.4. The first-order chi connectivity index (χ1) is 18.7. The van der Waals surface area contributed by atoms with Crippen LogP contribution in [0.25, 0.3) is 22.6 Å². The van der Waals surface area contributed by atoms with Crippen molar-refractivity contribution in [3.8, 4) is 17.1 Å². The SMILES string of the molecule is CCCn1c(=O)[nH]c2nc(-c3ccc(S(=O)(=O)N4CCN(Cc5ccc(OC)c(F)c5)CC4)cc3)[nH]c2c1=O. The number of rotatable bonds is 8. The van der Waals surface area contributed by atoms with Gasteiger partial charge in [-0.1, -0.05) is 13.0 Å². The number of piperazine rings is 1. The molecule has 13 heteroatoms. The van der Waals surface area contributed by atoms with E-state index in [0.717, 1.165) is 10.1 Å². The standard InChI is InChI=1S/C26H29FN6O5S/c1-3-10-33-25(34)22-24(30-26(33)35)29-23(28-22)18-5-7-19(8-6-18)39(36,37)32-13-11-31(12-14-32)16-17-4-9-21(38-2)20(27)15-17/h4-9,15H,3,10-14,16H2,1-2H3,(H,28,29)(H,30,35). The molecule has 0 amide bonds. The summed E-state index contributed by atoms with van der Waals surface area (Å²) in [5.41, 5.74) is 0.724. The maximum absolute atomic E-state index is 14.0. The second-order valence-electron chi connectivity index (χ2n) is 9.37. The van der Waals surface area contributed by atoms with Crippen LogP contribution in [0, 0.1) is 5.82 Å². The maximum atomic E-state index is 14.0. The van der Waals surface area contributed by atoms with Gasteiger partial charge in [0.15, 0.2) is 17.2 Å². The topological polar surface area (TPSA) is 133 Å². The summed E-state index contributed by atoms with van der Waals surface area (Å²) in [4.78, 5) is 37.0. The number of fused-ring (bicyclic) bond motifs is 1. The van der Waals surface area contributed by atoms with E-state index in [1.54, 1.807) is 24.3 Å². The molecule has 0 bridgehead atoms. The van der Waals surface area contributed by atoms with Crippen LogP contribution in [-0.4, -0.2) is 70.4 Å². The predicted octanol–water partition coefficient (Wildman–Crippen LogP) is 2.14. The Labute approximate surface area is 223 Å². The molecule has 0 unspecified atom stereocenters. The van der Waals surface area contributed by atoms with Crippen LogP contribution in [0.5, 0.6) is 5.75 Å². The number of aromatic nitrogens is 4. The van der Waals surface area contributed by atoms with Gasteiger partial charge in [0.25, 0.3) is 5.56 Å². The van der Waals surface area contributed by atoms with Crippen molar-refractivity contribution in [2.45, 2.75) is 31.3 Å². The van der Waals surface area contributed by atoms with Gasteiger partial charge in [-0.25, -0.2) is 22.6 Å². The third kappa shape index (κ3) is 5.24. The molecular weight excluding hydrogens is 527 g/mol. The number of H-pyrrole nitrogens is 2. The Morgan fingerprint density at radius 3 is 2.38 bits per heavy atom. The normalized spacial score (nSPS) is 15.2. The number of ether oxygens (including phenoxy) is 1. The van der Waals surface area contributed by atoms with Crippen LogP contribution in [0.2, 0.25) is 0 Å². The fourth-order valence-electron chi connectivity index (χ4n) is 4.71. The van der Waals surface area contributed by atoms with E-state index < -0.39 is 27.1 Å². The minimum Gasteiger partial charge on any atom is -0.494 e. The van der Waals surface area contributed by atoms with Gasteiger partial charge in [0, 0.05) is 44.8 Å². The second-order valence-corrected chi connectivity index (χ2v) is 11.3. The zero-order chi connectivity index (χ0) is 27.7. The molecule has 0 atom stereocenters. The van der Waals surface area contributed by atoms with E-state index >= 15 is 0 Å². The highest BCUT2D eigenvalue weighted by Gasteiger charge is 2.28. The first-order valence-corrected chi connectivity index (χ1v) is 14.0. The summed E-state index contributed by atoms with van der Waals surface area (Å²) in [6.07, 6.45) is 0.628. The van der Waals surface area contributed by atoms with Crippen LogP contribution in [0.15, 0.2) is 56.9 Å². The number of aromatic amines is 2. The summed E-state index contributed by atoms with van der Waals surface area (Å²) >= 11 is 0. The van der Waals surface area contributed by atoms with Gasteiger partial charge < -0.3 is 9.72 Å². The highest BCUT2D eigenvalue weighted by atomic mass is 32.2. The lowest BCUT2D eigenvalue weighted by Gasteiger charge is -2.34. The van der Waals surface area contributed by atoms with E-state index in [1.165, 1.54) is 29.6 Å². The van der Waals surface area contributed by atoms with Crippen molar-refractivity contribution in [1.82, 2.24) is 28.7 Å². The third-order valence-corrected chi connectivity index (χ3v) is 8.71. The summed E-state index contributed by atoms with van der Waals surface area (Å²) in [6.45, 7) is 4.31. The minimum absolute atomic E-state index is 0.145. The summed E-state index contributed by atoms with van der Waals surface area (Å²) < 4.78 is 48.1. The maximum Gasteiger partial charge on any atom is 0.330 e. The average molecular weight is 557 g/mol. The lowest BCUT2D eigenvalue weighted by atomic mass is 10.2. The highest BCUT2D eigenvalue weighted by Crippen LogP contribution is 2.24. The van der Waals surface area contributed by atoms with Crippen molar-refractivity contribution in [2.24, 2.45) is 0 Å². The zero-order valence-electron chi connectivity index (χ0n) is 21.6. The first-order valence-electron chi connectivity index (χ1n) is 12.6. The Bertz CT molecular complexity index is 1720. The van der Waals surface area contributed by atoms with Crippen LogP contribution in [0.3, 0.4) is 0 Å². The monoisotopic (exact) mass is 556 g/mol. The van der Waals surface area contributed by atoms with Crippen LogP contribution in [0.4, 0.5) is 4.39 Å². The Hall–Kier alpha value is -3.81. The van der Waals surface area contributed by atoms with Gasteiger partial charge in [-0.05, 0) is 48.4 Å². The van der Waals surface area contributed by atoms with Crippen molar-refractivity contribution in [1.29, 1.82) is 0 Å². The van der Waals surface area contributed by atoms with E-state index in [4.69, 9.17) is 4.74 Å². The Kier molecular flexibility index (Phi) is 7.38. The molecule has 5 rings (SSSR count). The molecule has 3 heterocycles. The molecule has 1 fully saturated rings. The van der Waals surface area contributed by atoms with E-state index in [9.17, 15) is 22.4 Å². The first kappa shape index (κ1) is 26.8. The molecule has 4 aromatic rings. The van der Waals surface area contributed by atoms with Crippen LogP contribution in [-0.2, 0) is 23.1 Å². The molecule has 11 nitrogen and oxygen atoms in total. The van der Waals surface area contributed by atoms with Crippen molar-refractivity contribution in [3.63, 3.8) is 0 Å². The predicted molar refractivity (Wildman–Crippen MR) is 144 cm³/mol. The molecule has 39 heavy (non-hydrogen) atoms. The van der Waals surface area contributed by atoms with Gasteiger partial charge >= 0.3 is 5.69 Å². The Morgan fingerprint density at radius 2 is 1.74 bits per heavy atom. The molecule has 2 N–H and O–H groups in total. The number of hydrogen-bond acceptors (Lipinski definition) is 7. The smallest absolute Gasteiger partial charge is 0.330 e. The number of benzene rings is 2. The van der Waals surface area contributed by atoms with Gasteiger partial charge in [0.2, 0.25) is 10.0 Å². The number of nitrogens with zero attached hydrogens (tertiary/aromatic N) is 4. The highest BCUT2D eigenvalue weighted by molar-refractivity contribution is 7.89. The molecule has 2 aromatic carbocycles. The number of imidazole rings is 1. The summed E-state index contributed by atoms with van der Waals surface area (Å²) in [5, 5.41) is 0. The average Bonchev–Trinajstić information content (AvgIpc) is 3.36. The largest absolute Gasteiger partial charge is 0.494 e. The molecule has 206 valence electrons. The molecule has 0 aliphatic carbocycles. The minimum atomic E-state index is -3.72. The second kappa shape index (κ2) is 10.8. The van der Waals surface area contributed by atoms with Crippen molar-refractivity contribution in [3.05, 3.63) is 74.7 Å². The van der Waals surface area contributed by atoms with Crippen molar-refractivity contribution in [2.75, 3.05) is 33.3 Å². The summed E-state index contributed by atoms with van der Waals surface area (Å²) in [6, 6.07) is 11.0. The molecule has 0 saturated carbocycles. The number of nitrogens with one attached hydrogen (secondary N) is 2. The van der Waals surface area contributed by atoms with Crippen molar-refractivity contribution < 1.29 is 17.5 Å². The van der Waals surface area contributed by atoms with Gasteiger partial charge in [-0.15, -0.1) is 0 Å². The van der Waals surface area contributed by atoms with Crippen LogP contribution in [0.1, 0.15) is 18.9 Å². The number of hydrogen-bond donors (Lipinski definition) is 2. The van der Waals surface area contributed by atoms with E-state index in [-0.39, 0.29) is 21.8 Å². The quantitative estimate of drug-likeness (QED) is 0.340. The van der Waals surface area contributed by atoms with Crippen molar-refractivity contribution >= 4 is 21.2 Å². The van der Waals surface area contributed by atoms with E-state index in [1.807, 2.05) is 6.92 Å². The molecule has 2 aromatic heterocycles. The third-order valence-electron chi connectivity index (χ3n) is 6.80. The molecule has 0 radical (unpaired) electrons. The van der Waals surface area contributed by atoms with Gasteiger partial charge in [-0.3, -0.25) is 19.2 Å². The molecule has 0 spiro atoms. The van der Waals surface area contributed by atoms with Gasteiger partial charge in [0.1, 0.15) is 11.3 Å². The lowest BCUT2D eigenvalue weighted by Crippen LogP contribution is -2.48. The fraction of sp³-hybridized carbons (Fsp3) is 0.346. The van der Waals surface area contributed by atoms with E-state index in [0.29, 0.717) is 57.1 Å². The van der Waals surface area contributed by atoms with Crippen LogP contribution >= 0.6 is 0 Å². The molecule has 1 saturated heterocycles. The molecule has 1 aliphatic heterocycles. The van der Waals surface area contributed by atoms with Gasteiger partial charge in [-0.2, -0.15) is 4.31 Å². The van der Waals surface area contributed by atoms with Crippen LogP contribution < -0.4 is 16.0 Å². The number of halogens is 1. The Balaban J connectivity index is 1.28. The lowest BCUT2D eigenvalue weighted by molar-refractivity contribution is 0.181. The summed E-state index contributed by atoms with van der Waals surface area (Å²) in [7, 11) is -2.31. The number of methoxy groups -OCH3 is 1.